The van der Waals surface area contributed by atoms with Gasteiger partial charge in [-0.15, -0.1) is 0 Å². The number of fused-ring (bicyclic) bond motifs is 13. The highest BCUT2D eigenvalue weighted by Crippen LogP contribution is 2.55. The highest BCUT2D eigenvalue weighted by Gasteiger charge is 2.45. The minimum absolute atomic E-state index is 0.00934. The predicted molar refractivity (Wildman–Crippen MR) is 179 cm³/mol. The number of hydrogen-bond acceptors (Lipinski definition) is 0. The van der Waals surface area contributed by atoms with Crippen LogP contribution in [0.3, 0.4) is 0 Å². The monoisotopic (exact) mass is 542 g/mol. The molecule has 9 rings (SSSR count). The average molecular weight is 543 g/mol. The molecular weight excluding hydrogens is 509 g/mol. The van der Waals surface area contributed by atoms with Crippen molar-refractivity contribution >= 4 is 40.0 Å². The van der Waals surface area contributed by atoms with E-state index in [0.29, 0.717) is 0 Å². The molecule has 0 fully saturated rings. The lowest BCUT2D eigenvalue weighted by Gasteiger charge is -2.26. The van der Waals surface area contributed by atoms with Crippen LogP contribution in [0.1, 0.15) is 49.9 Å². The minimum Gasteiger partial charge on any atom is -0.0616 e. The van der Waals surface area contributed by atoms with E-state index in [1.54, 1.807) is 10.4 Å². The first-order valence-electron chi connectivity index (χ1n) is 15.0. The Morgan fingerprint density at radius 3 is 1.29 bits per heavy atom. The molecule has 0 spiro atoms. The molecule has 1 aliphatic heterocycles. The van der Waals surface area contributed by atoms with Gasteiger partial charge in [0.05, 0.1) is 0 Å². The fraction of sp³-hybridized carbons (Fsp3) is 0.200. The van der Waals surface area contributed by atoms with Crippen molar-refractivity contribution < 1.29 is 0 Å². The zero-order valence-corrected chi connectivity index (χ0v) is 25.7. The predicted octanol–water partition coefficient (Wildman–Crippen LogP) is 9.41. The lowest BCUT2D eigenvalue weighted by Crippen LogP contribution is -2.49. The Bertz CT molecular complexity index is 2020. The van der Waals surface area contributed by atoms with Crippen molar-refractivity contribution in [1.29, 1.82) is 0 Å². The summed E-state index contributed by atoms with van der Waals surface area (Å²) in [6, 6.07) is 37.7. The van der Waals surface area contributed by atoms with Gasteiger partial charge in [-0.3, -0.25) is 0 Å². The van der Waals surface area contributed by atoms with Crippen LogP contribution in [0.5, 0.6) is 0 Å². The van der Waals surface area contributed by atoms with Crippen molar-refractivity contribution in [2.45, 2.75) is 51.6 Å². The fourth-order valence-corrected chi connectivity index (χ4v) is 11.8. The highest BCUT2D eigenvalue weighted by atomic mass is 28.3. The van der Waals surface area contributed by atoms with Gasteiger partial charge in [0.15, 0.2) is 0 Å². The van der Waals surface area contributed by atoms with Crippen molar-refractivity contribution in [1.82, 2.24) is 0 Å². The molecule has 0 N–H and O–H groups in total. The Hall–Kier alpha value is -3.94. The standard InChI is InChI=1S/C40H34Si/c1-39(2)31-17-15-23-11-7-9-13-25(23)37(31)29-19-27-28-20-30-34(22-36(28)41(5,6)35(27)21-33(29)39)40(3,4)32-18-16-24-12-8-10-14-26(24)38(30)32/h7-22H,1-6H3. The summed E-state index contributed by atoms with van der Waals surface area (Å²) >= 11 is 0. The smallest absolute Gasteiger partial charge is 0.0616 e. The van der Waals surface area contributed by atoms with Crippen LogP contribution in [0.2, 0.25) is 13.1 Å². The van der Waals surface area contributed by atoms with Crippen molar-refractivity contribution in [3.63, 3.8) is 0 Å². The average Bonchev–Trinajstić information content (AvgIpc) is 3.44. The Morgan fingerprint density at radius 1 is 0.439 bits per heavy atom. The van der Waals surface area contributed by atoms with E-state index in [2.05, 4.69) is 138 Å². The topological polar surface area (TPSA) is 0 Å². The Labute approximate surface area is 243 Å². The summed E-state index contributed by atoms with van der Waals surface area (Å²) in [5.74, 6) is 0. The van der Waals surface area contributed by atoms with Crippen LogP contribution < -0.4 is 10.4 Å². The molecule has 2 aliphatic carbocycles. The number of benzene rings is 6. The maximum atomic E-state index is 2.63. The molecule has 0 saturated heterocycles. The second-order valence-electron chi connectivity index (χ2n) is 14.2. The SMILES string of the molecule is CC1(C)c2cc3c(cc2-c2c1ccc1ccccc21)-c1cc2c(cc1[Si]3(C)C)C(C)(C)c1ccc3ccccc3c1-2. The van der Waals surface area contributed by atoms with Crippen LogP contribution in [0.4, 0.5) is 0 Å². The van der Waals surface area contributed by atoms with Crippen LogP contribution in [0.25, 0.3) is 54.9 Å². The normalized spacial score (nSPS) is 17.6. The summed E-state index contributed by atoms with van der Waals surface area (Å²) in [7, 11) is -1.91. The van der Waals surface area contributed by atoms with Gasteiger partial charge in [-0.05, 0) is 99.7 Å². The molecule has 1 heteroatoms. The Balaban J connectivity index is 1.36. The zero-order valence-electron chi connectivity index (χ0n) is 24.7. The summed E-state index contributed by atoms with van der Waals surface area (Å²) in [4.78, 5) is 0. The molecule has 198 valence electrons. The molecule has 0 unspecified atom stereocenters. The van der Waals surface area contributed by atoms with E-state index in [1.165, 1.54) is 77.2 Å². The van der Waals surface area contributed by atoms with Gasteiger partial charge in [0.1, 0.15) is 8.07 Å². The van der Waals surface area contributed by atoms with Crippen molar-refractivity contribution in [3.8, 4) is 33.4 Å². The maximum absolute atomic E-state index is 2.63. The Morgan fingerprint density at radius 2 is 0.854 bits per heavy atom. The molecule has 3 aliphatic rings. The summed E-state index contributed by atoms with van der Waals surface area (Å²) in [5, 5.41) is 8.63. The van der Waals surface area contributed by atoms with Gasteiger partial charge in [0.25, 0.3) is 0 Å². The molecule has 6 aromatic carbocycles. The molecule has 1 heterocycles. The maximum Gasteiger partial charge on any atom is 0.113 e. The number of hydrogen-bond donors (Lipinski definition) is 0. The summed E-state index contributed by atoms with van der Waals surface area (Å²) in [6.45, 7) is 14.9. The zero-order chi connectivity index (χ0) is 28.1. The summed E-state index contributed by atoms with van der Waals surface area (Å²) in [5.41, 5.74) is 14.6. The molecule has 0 atom stereocenters. The summed E-state index contributed by atoms with van der Waals surface area (Å²) in [6.07, 6.45) is 0. The molecule has 0 bridgehead atoms. The van der Waals surface area contributed by atoms with Crippen molar-refractivity contribution in [2.75, 3.05) is 0 Å². The Kier molecular flexibility index (Phi) is 4.21. The third kappa shape index (κ3) is 2.72. The van der Waals surface area contributed by atoms with Crippen LogP contribution in [-0.2, 0) is 10.8 Å². The third-order valence-corrected chi connectivity index (χ3v) is 14.6. The summed E-state index contributed by atoms with van der Waals surface area (Å²) < 4.78 is 0. The van der Waals surface area contributed by atoms with Gasteiger partial charge in [-0.25, -0.2) is 0 Å². The quantitative estimate of drug-likeness (QED) is 0.168. The van der Waals surface area contributed by atoms with Crippen LogP contribution in [0, 0.1) is 0 Å². The van der Waals surface area contributed by atoms with E-state index in [9.17, 15) is 0 Å². The first-order valence-corrected chi connectivity index (χ1v) is 18.0. The molecule has 0 nitrogen and oxygen atoms in total. The van der Waals surface area contributed by atoms with E-state index >= 15 is 0 Å². The largest absolute Gasteiger partial charge is 0.113 e. The van der Waals surface area contributed by atoms with E-state index in [-0.39, 0.29) is 10.8 Å². The molecular formula is C40H34Si. The van der Waals surface area contributed by atoms with Crippen LogP contribution in [-0.4, -0.2) is 8.07 Å². The molecule has 0 saturated carbocycles. The van der Waals surface area contributed by atoms with Crippen molar-refractivity contribution in [2.24, 2.45) is 0 Å². The first-order chi connectivity index (χ1) is 19.6. The third-order valence-electron chi connectivity index (χ3n) is 11.0. The van der Waals surface area contributed by atoms with Crippen LogP contribution >= 0.6 is 0 Å². The molecule has 0 aromatic heterocycles. The van der Waals surface area contributed by atoms with Crippen molar-refractivity contribution in [3.05, 3.63) is 119 Å². The van der Waals surface area contributed by atoms with Gasteiger partial charge in [-0.2, -0.15) is 0 Å². The minimum atomic E-state index is -1.91. The van der Waals surface area contributed by atoms with E-state index < -0.39 is 8.07 Å². The second kappa shape index (κ2) is 7.27. The fourth-order valence-electron chi connectivity index (χ4n) is 8.73. The molecule has 41 heavy (non-hydrogen) atoms. The first kappa shape index (κ1) is 23.7. The van der Waals surface area contributed by atoms with Gasteiger partial charge in [0.2, 0.25) is 0 Å². The highest BCUT2D eigenvalue weighted by molar-refractivity contribution is 7.03. The van der Waals surface area contributed by atoms with Gasteiger partial charge in [0, 0.05) is 10.8 Å². The van der Waals surface area contributed by atoms with Gasteiger partial charge < -0.3 is 0 Å². The lowest BCUT2D eigenvalue weighted by molar-refractivity contribution is 0.661. The number of rotatable bonds is 0. The molecule has 6 aromatic rings. The molecule has 0 amide bonds. The van der Waals surface area contributed by atoms with E-state index in [1.807, 2.05) is 0 Å². The van der Waals surface area contributed by atoms with E-state index in [0.717, 1.165) is 0 Å². The lowest BCUT2D eigenvalue weighted by atomic mass is 9.81. The van der Waals surface area contributed by atoms with Crippen LogP contribution in [0.15, 0.2) is 97.1 Å². The molecule has 0 radical (unpaired) electrons. The van der Waals surface area contributed by atoms with Gasteiger partial charge in [-0.1, -0.05) is 126 Å². The second-order valence-corrected chi connectivity index (χ2v) is 18.5. The van der Waals surface area contributed by atoms with E-state index in [4.69, 9.17) is 0 Å². The van der Waals surface area contributed by atoms with Gasteiger partial charge >= 0.3 is 0 Å².